The third-order valence-corrected chi connectivity index (χ3v) is 1.56. The van der Waals surface area contributed by atoms with Crippen molar-refractivity contribution < 1.29 is 14.7 Å². The highest BCUT2D eigenvalue weighted by atomic mass is 16.4. The first-order valence-corrected chi connectivity index (χ1v) is 4.08. The van der Waals surface area contributed by atoms with Crippen LogP contribution in [0.1, 0.15) is 16.8 Å². The van der Waals surface area contributed by atoms with Crippen LogP contribution in [0, 0.1) is 0 Å². The predicted molar refractivity (Wildman–Crippen MR) is 46.2 cm³/mol. The minimum atomic E-state index is -1.18. The average molecular weight is 193 g/mol. The monoisotopic (exact) mass is 193 g/mol. The Kier molecular flexibility index (Phi) is 3.60. The molecule has 5 nitrogen and oxygen atoms in total. The molecule has 74 valence electrons. The molecule has 1 aromatic rings. The molecule has 1 amide bonds. The first-order valence-electron chi connectivity index (χ1n) is 4.08. The summed E-state index contributed by atoms with van der Waals surface area (Å²) in [5, 5.41) is 12.5. The summed E-state index contributed by atoms with van der Waals surface area (Å²) in [4.78, 5) is 25.1. The number of aromatic nitrogens is 1. The number of carboxylic acid groups (broad SMARTS) is 1. The largest absolute Gasteiger partial charge is 0.550 e. The molecule has 0 aliphatic carbocycles. The van der Waals surface area contributed by atoms with E-state index in [1.165, 1.54) is 12.4 Å². The standard InChI is InChI=1S/C9H10N2O3/c12-8(13)3-6-11-9(14)7-1-4-10-5-2-7/h1-2,4-5H,3,6H2,(H,11,14)(H,12,13)/p-1. The van der Waals surface area contributed by atoms with Crippen molar-refractivity contribution in [3.05, 3.63) is 30.1 Å². The van der Waals surface area contributed by atoms with Gasteiger partial charge in [-0.2, -0.15) is 0 Å². The van der Waals surface area contributed by atoms with Crippen molar-refractivity contribution in [2.24, 2.45) is 0 Å². The molecule has 0 bridgehead atoms. The number of hydrogen-bond donors (Lipinski definition) is 1. The van der Waals surface area contributed by atoms with Crippen molar-refractivity contribution in [3.8, 4) is 0 Å². The first kappa shape index (κ1) is 10.2. The third kappa shape index (κ3) is 3.22. The number of carbonyl (C=O) groups excluding carboxylic acids is 2. The smallest absolute Gasteiger partial charge is 0.251 e. The van der Waals surface area contributed by atoms with E-state index >= 15 is 0 Å². The van der Waals surface area contributed by atoms with Gasteiger partial charge in [0.2, 0.25) is 0 Å². The van der Waals surface area contributed by atoms with Gasteiger partial charge in [0.15, 0.2) is 0 Å². The van der Waals surface area contributed by atoms with Gasteiger partial charge < -0.3 is 15.2 Å². The maximum Gasteiger partial charge on any atom is 0.251 e. The van der Waals surface area contributed by atoms with Crippen LogP contribution in [0.3, 0.4) is 0 Å². The fourth-order valence-corrected chi connectivity index (χ4v) is 0.883. The molecule has 5 heteroatoms. The summed E-state index contributed by atoms with van der Waals surface area (Å²) in [6, 6.07) is 3.10. The molecule has 1 N–H and O–H groups in total. The van der Waals surface area contributed by atoms with E-state index in [1.807, 2.05) is 0 Å². The van der Waals surface area contributed by atoms with Gasteiger partial charge in [-0.15, -0.1) is 0 Å². The lowest BCUT2D eigenvalue weighted by Crippen LogP contribution is -2.30. The second-order valence-corrected chi connectivity index (χ2v) is 2.61. The zero-order chi connectivity index (χ0) is 10.4. The molecule has 1 aromatic heterocycles. The van der Waals surface area contributed by atoms with Crippen LogP contribution in [-0.2, 0) is 4.79 Å². The lowest BCUT2D eigenvalue weighted by atomic mass is 10.2. The summed E-state index contributed by atoms with van der Waals surface area (Å²) in [5.41, 5.74) is 0.457. The van der Waals surface area contributed by atoms with Gasteiger partial charge in [-0.05, 0) is 12.1 Å². The zero-order valence-electron chi connectivity index (χ0n) is 7.40. The Morgan fingerprint density at radius 3 is 2.57 bits per heavy atom. The number of hydrogen-bond acceptors (Lipinski definition) is 4. The summed E-state index contributed by atoms with van der Waals surface area (Å²) in [6.07, 6.45) is 2.80. The minimum absolute atomic E-state index is 0.0729. The molecular formula is C9H9N2O3-. The summed E-state index contributed by atoms with van der Waals surface area (Å²) < 4.78 is 0. The molecule has 14 heavy (non-hydrogen) atoms. The molecule has 0 atom stereocenters. The van der Waals surface area contributed by atoms with Crippen LogP contribution in [0.2, 0.25) is 0 Å². The van der Waals surface area contributed by atoms with Gasteiger partial charge in [0, 0.05) is 36.9 Å². The van der Waals surface area contributed by atoms with E-state index in [9.17, 15) is 14.7 Å². The molecule has 0 unspecified atom stereocenters. The Morgan fingerprint density at radius 1 is 1.36 bits per heavy atom. The van der Waals surface area contributed by atoms with E-state index in [4.69, 9.17) is 0 Å². The third-order valence-electron chi connectivity index (χ3n) is 1.56. The fourth-order valence-electron chi connectivity index (χ4n) is 0.883. The van der Waals surface area contributed by atoms with Crippen LogP contribution < -0.4 is 10.4 Å². The van der Waals surface area contributed by atoms with Crippen LogP contribution in [-0.4, -0.2) is 23.4 Å². The van der Waals surface area contributed by atoms with Crippen molar-refractivity contribution in [2.45, 2.75) is 6.42 Å². The van der Waals surface area contributed by atoms with E-state index in [0.29, 0.717) is 5.56 Å². The maximum absolute atomic E-state index is 11.3. The molecule has 0 fully saturated rings. The Bertz CT molecular complexity index is 324. The van der Waals surface area contributed by atoms with Gasteiger partial charge in [-0.1, -0.05) is 0 Å². The molecule has 0 aromatic carbocycles. The molecule has 0 saturated carbocycles. The lowest BCUT2D eigenvalue weighted by Gasteiger charge is -2.04. The molecule has 0 saturated heterocycles. The van der Waals surface area contributed by atoms with Gasteiger partial charge in [0.05, 0.1) is 0 Å². The number of carboxylic acids is 1. The zero-order valence-corrected chi connectivity index (χ0v) is 7.40. The molecule has 1 heterocycles. The number of pyridine rings is 1. The second-order valence-electron chi connectivity index (χ2n) is 2.61. The minimum Gasteiger partial charge on any atom is -0.550 e. The van der Waals surface area contributed by atoms with E-state index in [2.05, 4.69) is 10.3 Å². The van der Waals surface area contributed by atoms with E-state index < -0.39 is 5.97 Å². The molecule has 0 radical (unpaired) electrons. The molecule has 0 aliphatic rings. The topological polar surface area (TPSA) is 82.1 Å². The predicted octanol–water partition coefficient (Wildman–Crippen LogP) is -1.05. The van der Waals surface area contributed by atoms with Crippen molar-refractivity contribution in [3.63, 3.8) is 0 Å². The van der Waals surface area contributed by atoms with E-state index in [-0.39, 0.29) is 18.9 Å². The number of amides is 1. The van der Waals surface area contributed by atoms with Gasteiger partial charge in [0.1, 0.15) is 0 Å². The number of nitrogens with zero attached hydrogens (tertiary/aromatic N) is 1. The Labute approximate surface area is 80.8 Å². The van der Waals surface area contributed by atoms with Crippen molar-refractivity contribution in [1.82, 2.24) is 10.3 Å². The first-order chi connectivity index (χ1) is 6.70. The second kappa shape index (κ2) is 4.96. The summed E-state index contributed by atoms with van der Waals surface area (Å²) >= 11 is 0. The summed E-state index contributed by atoms with van der Waals surface area (Å²) in [6.45, 7) is 0.0729. The summed E-state index contributed by atoms with van der Waals surface area (Å²) in [5.74, 6) is -1.49. The Morgan fingerprint density at radius 2 is 2.00 bits per heavy atom. The lowest BCUT2D eigenvalue weighted by molar-refractivity contribution is -0.305. The van der Waals surface area contributed by atoms with Gasteiger partial charge in [-0.3, -0.25) is 9.78 Å². The van der Waals surface area contributed by atoms with Crippen LogP contribution >= 0.6 is 0 Å². The summed E-state index contributed by atoms with van der Waals surface area (Å²) in [7, 11) is 0. The average Bonchev–Trinajstić information content (AvgIpc) is 2.18. The van der Waals surface area contributed by atoms with Crippen molar-refractivity contribution in [2.75, 3.05) is 6.54 Å². The molecule has 1 rings (SSSR count). The normalized spacial score (nSPS) is 9.43. The van der Waals surface area contributed by atoms with Gasteiger partial charge in [-0.25, -0.2) is 0 Å². The maximum atomic E-state index is 11.3. The highest BCUT2D eigenvalue weighted by molar-refractivity contribution is 5.94. The molecule has 0 spiro atoms. The highest BCUT2D eigenvalue weighted by Crippen LogP contribution is 1.94. The SMILES string of the molecule is O=C([O-])CCNC(=O)c1ccncc1. The number of nitrogens with one attached hydrogen (secondary N) is 1. The highest BCUT2D eigenvalue weighted by Gasteiger charge is 2.02. The molecule has 0 aliphatic heterocycles. The Balaban J connectivity index is 2.40. The number of aliphatic carboxylic acids is 1. The van der Waals surface area contributed by atoms with Crippen LogP contribution in [0.5, 0.6) is 0 Å². The van der Waals surface area contributed by atoms with Crippen molar-refractivity contribution in [1.29, 1.82) is 0 Å². The number of carbonyl (C=O) groups is 2. The van der Waals surface area contributed by atoms with E-state index in [1.54, 1.807) is 12.1 Å². The fraction of sp³-hybridized carbons (Fsp3) is 0.222. The van der Waals surface area contributed by atoms with Crippen molar-refractivity contribution >= 4 is 11.9 Å². The number of rotatable bonds is 4. The van der Waals surface area contributed by atoms with Gasteiger partial charge >= 0.3 is 0 Å². The van der Waals surface area contributed by atoms with Crippen LogP contribution in [0.15, 0.2) is 24.5 Å². The Hall–Kier alpha value is -1.91. The van der Waals surface area contributed by atoms with Gasteiger partial charge in [0.25, 0.3) is 5.91 Å². The van der Waals surface area contributed by atoms with Crippen LogP contribution in [0.25, 0.3) is 0 Å². The van der Waals surface area contributed by atoms with Crippen LogP contribution in [0.4, 0.5) is 0 Å². The van der Waals surface area contributed by atoms with E-state index in [0.717, 1.165) is 0 Å². The quantitative estimate of drug-likeness (QED) is 0.661. The molecular weight excluding hydrogens is 184 g/mol.